The highest BCUT2D eigenvalue weighted by atomic mass is 35.5. The number of ether oxygens (including phenoxy) is 1. The second-order valence-corrected chi connectivity index (χ2v) is 5.22. The first kappa shape index (κ1) is 15.6. The molecule has 1 aromatic heterocycles. The second kappa shape index (κ2) is 7.29. The summed E-state index contributed by atoms with van der Waals surface area (Å²) in [5, 5.41) is 3.65. The highest BCUT2D eigenvalue weighted by molar-refractivity contribution is 6.34. The number of pyridine rings is 1. The van der Waals surface area contributed by atoms with Gasteiger partial charge in [-0.15, -0.1) is 0 Å². The van der Waals surface area contributed by atoms with Gasteiger partial charge in [-0.1, -0.05) is 29.3 Å². The molecule has 0 unspecified atom stereocenters. The minimum absolute atomic E-state index is 0.253. The number of halogens is 2. The highest BCUT2D eigenvalue weighted by Crippen LogP contribution is 2.28. The average molecular weight is 325 g/mol. The van der Waals surface area contributed by atoms with Gasteiger partial charge in [0.1, 0.15) is 5.75 Å². The van der Waals surface area contributed by atoms with Crippen molar-refractivity contribution < 1.29 is 9.53 Å². The second-order valence-electron chi connectivity index (χ2n) is 4.37. The van der Waals surface area contributed by atoms with Crippen LogP contribution in [0.1, 0.15) is 12.6 Å². The molecular weight excluding hydrogens is 311 g/mol. The Kier molecular flexibility index (Phi) is 5.42. The van der Waals surface area contributed by atoms with Crippen LogP contribution in [0.15, 0.2) is 42.6 Å². The third-order valence-corrected chi connectivity index (χ3v) is 3.28. The standard InChI is InChI=1S/C15H14Cl2N2O2/c1-10(21-14-8-11(16)5-6-13(14)17)15(20)19-9-12-4-2-3-7-18-12/h2-8,10H,9H2,1H3,(H,19,20)/t10-/m0/s1. The van der Waals surface area contributed by atoms with Gasteiger partial charge in [0.05, 0.1) is 17.3 Å². The number of hydrogen-bond acceptors (Lipinski definition) is 3. The van der Waals surface area contributed by atoms with Gasteiger partial charge >= 0.3 is 0 Å². The number of carbonyl (C=O) groups excluding carboxylic acids is 1. The summed E-state index contributed by atoms with van der Waals surface area (Å²) in [6.45, 7) is 1.99. The highest BCUT2D eigenvalue weighted by Gasteiger charge is 2.16. The summed E-state index contributed by atoms with van der Waals surface area (Å²) in [4.78, 5) is 16.1. The van der Waals surface area contributed by atoms with Gasteiger partial charge in [-0.05, 0) is 31.2 Å². The largest absolute Gasteiger partial charge is 0.479 e. The molecule has 1 atom stereocenters. The monoisotopic (exact) mass is 324 g/mol. The first-order valence-corrected chi connectivity index (χ1v) is 7.11. The molecule has 0 aliphatic rings. The van der Waals surface area contributed by atoms with E-state index < -0.39 is 6.10 Å². The van der Waals surface area contributed by atoms with Crippen molar-refractivity contribution in [1.82, 2.24) is 10.3 Å². The Balaban J connectivity index is 1.92. The molecule has 6 heteroatoms. The van der Waals surface area contributed by atoms with E-state index in [0.29, 0.717) is 22.3 Å². The molecule has 21 heavy (non-hydrogen) atoms. The Labute approximate surface area is 133 Å². The number of rotatable bonds is 5. The Morgan fingerprint density at radius 3 is 2.86 bits per heavy atom. The van der Waals surface area contributed by atoms with Gasteiger partial charge in [0, 0.05) is 17.3 Å². The van der Waals surface area contributed by atoms with Crippen LogP contribution >= 0.6 is 23.2 Å². The van der Waals surface area contributed by atoms with Gasteiger partial charge in [0.15, 0.2) is 6.10 Å². The molecule has 2 aromatic rings. The zero-order valence-corrected chi connectivity index (χ0v) is 12.9. The summed E-state index contributed by atoms with van der Waals surface area (Å²) in [5.74, 6) is 0.126. The van der Waals surface area contributed by atoms with Crippen molar-refractivity contribution in [2.75, 3.05) is 0 Å². The maximum atomic E-state index is 12.0. The zero-order valence-electron chi connectivity index (χ0n) is 11.3. The lowest BCUT2D eigenvalue weighted by molar-refractivity contribution is -0.127. The van der Waals surface area contributed by atoms with Gasteiger partial charge in [-0.3, -0.25) is 9.78 Å². The van der Waals surface area contributed by atoms with Crippen molar-refractivity contribution in [1.29, 1.82) is 0 Å². The predicted octanol–water partition coefficient (Wildman–Crippen LogP) is 3.47. The van der Waals surface area contributed by atoms with E-state index >= 15 is 0 Å². The first-order chi connectivity index (χ1) is 10.1. The molecule has 1 amide bonds. The van der Waals surface area contributed by atoms with Crippen molar-refractivity contribution in [3.8, 4) is 5.75 Å². The van der Waals surface area contributed by atoms with Crippen LogP contribution in [0.25, 0.3) is 0 Å². The summed E-state index contributed by atoms with van der Waals surface area (Å²) in [5.41, 5.74) is 0.777. The third-order valence-electron chi connectivity index (χ3n) is 2.74. The Morgan fingerprint density at radius 2 is 2.14 bits per heavy atom. The van der Waals surface area contributed by atoms with Crippen LogP contribution in [-0.2, 0) is 11.3 Å². The lowest BCUT2D eigenvalue weighted by Crippen LogP contribution is -2.36. The van der Waals surface area contributed by atoms with Crippen molar-refractivity contribution >= 4 is 29.1 Å². The molecule has 1 aromatic carbocycles. The molecule has 0 spiro atoms. The van der Waals surface area contributed by atoms with E-state index in [0.717, 1.165) is 5.69 Å². The van der Waals surface area contributed by atoms with E-state index in [1.54, 1.807) is 31.3 Å². The van der Waals surface area contributed by atoms with E-state index in [9.17, 15) is 4.79 Å². The summed E-state index contributed by atoms with van der Waals surface area (Å²) in [7, 11) is 0. The van der Waals surface area contributed by atoms with Crippen LogP contribution in [0.5, 0.6) is 5.75 Å². The minimum atomic E-state index is -0.690. The van der Waals surface area contributed by atoms with E-state index in [-0.39, 0.29) is 5.91 Å². The normalized spacial score (nSPS) is 11.8. The topological polar surface area (TPSA) is 51.2 Å². The fourth-order valence-electron chi connectivity index (χ4n) is 1.64. The number of amides is 1. The van der Waals surface area contributed by atoms with Crippen molar-refractivity contribution in [2.45, 2.75) is 19.6 Å². The summed E-state index contributed by atoms with van der Waals surface area (Å²) in [6, 6.07) is 10.4. The fourth-order valence-corrected chi connectivity index (χ4v) is 1.96. The van der Waals surface area contributed by atoms with Crippen molar-refractivity contribution in [3.63, 3.8) is 0 Å². The first-order valence-electron chi connectivity index (χ1n) is 6.35. The number of hydrogen-bond donors (Lipinski definition) is 1. The molecule has 0 fully saturated rings. The van der Waals surface area contributed by atoms with Crippen LogP contribution in [0.2, 0.25) is 10.0 Å². The van der Waals surface area contributed by atoms with Crippen molar-refractivity contribution in [3.05, 3.63) is 58.3 Å². The maximum absolute atomic E-state index is 12.0. The van der Waals surface area contributed by atoms with Crippen LogP contribution < -0.4 is 10.1 Å². The van der Waals surface area contributed by atoms with Crippen LogP contribution in [0.4, 0.5) is 0 Å². The smallest absolute Gasteiger partial charge is 0.261 e. The Morgan fingerprint density at radius 1 is 1.33 bits per heavy atom. The molecule has 0 saturated carbocycles. The number of aromatic nitrogens is 1. The van der Waals surface area contributed by atoms with E-state index in [2.05, 4.69) is 10.3 Å². The molecule has 4 nitrogen and oxygen atoms in total. The molecule has 1 heterocycles. The maximum Gasteiger partial charge on any atom is 0.261 e. The Hall–Kier alpha value is -1.78. The molecule has 0 aliphatic carbocycles. The van der Waals surface area contributed by atoms with Gasteiger partial charge in [0.2, 0.25) is 0 Å². The number of nitrogens with one attached hydrogen (secondary N) is 1. The number of nitrogens with zero attached hydrogens (tertiary/aromatic N) is 1. The Bertz CT molecular complexity index is 620. The summed E-state index contributed by atoms with van der Waals surface area (Å²) >= 11 is 11.9. The molecule has 0 radical (unpaired) electrons. The molecule has 2 rings (SSSR count). The van der Waals surface area contributed by atoms with E-state index in [1.165, 1.54) is 0 Å². The minimum Gasteiger partial charge on any atom is -0.479 e. The molecule has 0 saturated heterocycles. The predicted molar refractivity (Wildman–Crippen MR) is 82.6 cm³/mol. The summed E-state index contributed by atoms with van der Waals surface area (Å²) in [6.07, 6.45) is 0.984. The van der Waals surface area contributed by atoms with Crippen molar-refractivity contribution in [2.24, 2.45) is 0 Å². The van der Waals surface area contributed by atoms with Gasteiger partial charge in [-0.2, -0.15) is 0 Å². The lowest BCUT2D eigenvalue weighted by Gasteiger charge is -2.15. The molecule has 0 bridgehead atoms. The van der Waals surface area contributed by atoms with E-state index in [1.807, 2.05) is 18.2 Å². The van der Waals surface area contributed by atoms with E-state index in [4.69, 9.17) is 27.9 Å². The lowest BCUT2D eigenvalue weighted by atomic mass is 10.3. The van der Waals surface area contributed by atoms with Gasteiger partial charge in [0.25, 0.3) is 5.91 Å². The quantitative estimate of drug-likeness (QED) is 0.916. The van der Waals surface area contributed by atoms with Gasteiger partial charge < -0.3 is 10.1 Å². The zero-order chi connectivity index (χ0) is 15.2. The number of benzene rings is 1. The van der Waals surface area contributed by atoms with Crippen LogP contribution in [-0.4, -0.2) is 17.0 Å². The molecule has 110 valence electrons. The van der Waals surface area contributed by atoms with Crippen LogP contribution in [0.3, 0.4) is 0 Å². The molecule has 1 N–H and O–H groups in total. The summed E-state index contributed by atoms with van der Waals surface area (Å²) < 4.78 is 5.53. The molecular formula is C15H14Cl2N2O2. The van der Waals surface area contributed by atoms with Gasteiger partial charge in [-0.25, -0.2) is 0 Å². The fraction of sp³-hybridized carbons (Fsp3) is 0.200. The number of carbonyl (C=O) groups is 1. The third kappa shape index (κ3) is 4.62. The van der Waals surface area contributed by atoms with Crippen LogP contribution in [0, 0.1) is 0 Å². The molecule has 0 aliphatic heterocycles. The SMILES string of the molecule is C[C@H](Oc1cc(Cl)ccc1Cl)C(=O)NCc1ccccn1. The average Bonchev–Trinajstić information content (AvgIpc) is 2.49.